The zero-order valence-corrected chi connectivity index (χ0v) is 11.4. The molecule has 0 aliphatic carbocycles. The molecule has 0 amide bonds. The summed E-state index contributed by atoms with van der Waals surface area (Å²) in [5.74, 6) is -0.300. The highest BCUT2D eigenvalue weighted by atomic mass is 35.5. The Kier molecular flexibility index (Phi) is 4.55. The van der Waals surface area contributed by atoms with Crippen LogP contribution in [0.4, 0.5) is 5.69 Å². The Hall–Kier alpha value is -1.31. The molecule has 100 valence electrons. The van der Waals surface area contributed by atoms with Gasteiger partial charge in [0.2, 0.25) is 10.0 Å². The van der Waals surface area contributed by atoms with Gasteiger partial charge in [0, 0.05) is 5.02 Å². The maximum absolute atomic E-state index is 11.6. The molecule has 0 heterocycles. The molecule has 3 N–H and O–H groups in total. The summed E-state index contributed by atoms with van der Waals surface area (Å²) >= 11 is 5.83. The number of benzene rings is 1. The van der Waals surface area contributed by atoms with Crippen LogP contribution in [0, 0.1) is 0 Å². The average molecular weight is 293 g/mol. The molecule has 0 aromatic heterocycles. The van der Waals surface area contributed by atoms with E-state index in [4.69, 9.17) is 22.1 Å². The van der Waals surface area contributed by atoms with Crippen LogP contribution >= 0.6 is 11.6 Å². The molecule has 0 atom stereocenters. The van der Waals surface area contributed by atoms with Crippen molar-refractivity contribution in [3.63, 3.8) is 0 Å². The number of nitrogens with two attached hydrogens (primary N) is 1. The number of halogens is 1. The highest BCUT2D eigenvalue weighted by Crippen LogP contribution is 2.33. The fourth-order valence-electron chi connectivity index (χ4n) is 1.41. The summed E-state index contributed by atoms with van der Waals surface area (Å²) in [5.41, 5.74) is 5.51. The number of rotatable bonds is 5. The summed E-state index contributed by atoms with van der Waals surface area (Å²) in [6, 6.07) is 2.73. The number of ether oxygens (including phenoxy) is 1. The number of hydrogen-bond acceptors (Lipinski definition) is 5. The van der Waals surface area contributed by atoms with Crippen molar-refractivity contribution < 1.29 is 17.9 Å². The molecule has 0 aliphatic rings. The lowest BCUT2D eigenvalue weighted by Gasteiger charge is -2.13. The van der Waals surface area contributed by atoms with E-state index in [-0.39, 0.29) is 28.6 Å². The Morgan fingerprint density at radius 3 is 2.56 bits per heavy atom. The van der Waals surface area contributed by atoms with Crippen LogP contribution in [0.2, 0.25) is 5.02 Å². The lowest BCUT2D eigenvalue weighted by molar-refractivity contribution is 0.0998. The third-order valence-electron chi connectivity index (χ3n) is 2.04. The number of methoxy groups -OCH3 is 1. The number of carbonyl (C=O) groups excluding carboxylic acids is 1. The Morgan fingerprint density at radius 1 is 1.50 bits per heavy atom. The zero-order chi connectivity index (χ0) is 13.9. The normalized spacial score (nSPS) is 11.1. The van der Waals surface area contributed by atoms with Gasteiger partial charge in [-0.2, -0.15) is 0 Å². The van der Waals surface area contributed by atoms with E-state index >= 15 is 0 Å². The smallest absolute Gasteiger partial charge is 0.229 e. The highest BCUT2D eigenvalue weighted by molar-refractivity contribution is 7.92. The van der Waals surface area contributed by atoms with E-state index in [9.17, 15) is 13.2 Å². The van der Waals surface area contributed by atoms with E-state index in [1.165, 1.54) is 19.2 Å². The zero-order valence-electron chi connectivity index (χ0n) is 9.86. The van der Waals surface area contributed by atoms with E-state index in [1.807, 2.05) is 0 Å². The van der Waals surface area contributed by atoms with E-state index < -0.39 is 15.8 Å². The maximum Gasteiger partial charge on any atom is 0.229 e. The predicted octanol–water partition coefficient (Wildman–Crippen LogP) is 0.862. The molecule has 0 spiro atoms. The first-order chi connectivity index (χ1) is 8.28. The van der Waals surface area contributed by atoms with Crippen molar-refractivity contribution in [2.45, 2.75) is 0 Å². The van der Waals surface area contributed by atoms with Crippen LogP contribution in [-0.2, 0) is 10.0 Å². The van der Waals surface area contributed by atoms with E-state index in [0.29, 0.717) is 0 Å². The summed E-state index contributed by atoms with van der Waals surface area (Å²) in [6.07, 6.45) is 0.984. The van der Waals surface area contributed by atoms with Crippen LogP contribution in [0.5, 0.6) is 5.75 Å². The summed E-state index contributed by atoms with van der Waals surface area (Å²) < 4.78 is 29.7. The number of sulfonamides is 1. The van der Waals surface area contributed by atoms with Gasteiger partial charge in [0.15, 0.2) is 11.5 Å². The van der Waals surface area contributed by atoms with Gasteiger partial charge in [-0.05, 0) is 12.1 Å². The Labute approximate surface area is 110 Å². The monoisotopic (exact) mass is 292 g/mol. The first kappa shape index (κ1) is 14.7. The van der Waals surface area contributed by atoms with Crippen molar-refractivity contribution in [2.75, 3.05) is 24.6 Å². The summed E-state index contributed by atoms with van der Waals surface area (Å²) in [4.78, 5) is 11.6. The quantitative estimate of drug-likeness (QED) is 0.784. The van der Waals surface area contributed by atoms with Gasteiger partial charge < -0.3 is 10.5 Å². The summed E-state index contributed by atoms with van der Waals surface area (Å²) in [5, 5.41) is 0.207. The first-order valence-electron chi connectivity index (χ1n) is 4.87. The molecule has 6 nitrogen and oxygen atoms in total. The van der Waals surface area contributed by atoms with Crippen LogP contribution < -0.4 is 15.2 Å². The van der Waals surface area contributed by atoms with Crippen molar-refractivity contribution >= 4 is 33.1 Å². The number of anilines is 1. The second kappa shape index (κ2) is 5.55. The molecule has 0 saturated heterocycles. The largest absolute Gasteiger partial charge is 0.494 e. The Balaban J connectivity index is 3.42. The van der Waals surface area contributed by atoms with Crippen molar-refractivity contribution in [2.24, 2.45) is 5.73 Å². The summed E-state index contributed by atoms with van der Waals surface area (Å²) in [7, 11) is -2.18. The molecule has 0 aliphatic heterocycles. The van der Waals surface area contributed by atoms with Crippen LogP contribution in [0.25, 0.3) is 0 Å². The minimum Gasteiger partial charge on any atom is -0.494 e. The molecule has 1 rings (SSSR count). The minimum absolute atomic E-state index is 0.0975. The number of nitrogens with one attached hydrogen (secondary N) is 1. The number of ketones is 1. The SMILES string of the molecule is COc1c(NS(C)(=O)=O)cc(Cl)cc1C(=O)CN. The van der Waals surface area contributed by atoms with Gasteiger partial charge in [-0.25, -0.2) is 8.42 Å². The van der Waals surface area contributed by atoms with Gasteiger partial charge in [-0.3, -0.25) is 9.52 Å². The minimum atomic E-state index is -3.51. The van der Waals surface area contributed by atoms with Crippen LogP contribution in [0.3, 0.4) is 0 Å². The van der Waals surface area contributed by atoms with E-state index in [1.54, 1.807) is 0 Å². The first-order valence-corrected chi connectivity index (χ1v) is 7.14. The van der Waals surface area contributed by atoms with Gasteiger partial charge in [0.25, 0.3) is 0 Å². The molecule has 1 aromatic carbocycles. The number of carbonyl (C=O) groups is 1. The lowest BCUT2D eigenvalue weighted by Crippen LogP contribution is -2.16. The van der Waals surface area contributed by atoms with Crippen molar-refractivity contribution in [3.05, 3.63) is 22.7 Å². The standard InChI is InChI=1S/C10H13ClN2O4S/c1-17-10-7(9(14)5-12)3-6(11)4-8(10)13-18(2,15)16/h3-4,13H,5,12H2,1-2H3. The Bertz CT molecular complexity index is 571. The van der Waals surface area contributed by atoms with Gasteiger partial charge in [0.1, 0.15) is 0 Å². The van der Waals surface area contributed by atoms with Crippen LogP contribution in [0.1, 0.15) is 10.4 Å². The fourth-order valence-corrected chi connectivity index (χ4v) is 2.18. The van der Waals surface area contributed by atoms with E-state index in [0.717, 1.165) is 6.26 Å². The molecule has 0 unspecified atom stereocenters. The second-order valence-corrected chi connectivity index (χ2v) is 5.72. The number of hydrogen-bond donors (Lipinski definition) is 2. The van der Waals surface area contributed by atoms with Crippen LogP contribution in [0.15, 0.2) is 12.1 Å². The molecule has 0 bridgehead atoms. The molecule has 8 heteroatoms. The van der Waals surface area contributed by atoms with Gasteiger partial charge in [-0.1, -0.05) is 11.6 Å². The average Bonchev–Trinajstić information content (AvgIpc) is 2.25. The fraction of sp³-hybridized carbons (Fsp3) is 0.300. The third kappa shape index (κ3) is 3.59. The maximum atomic E-state index is 11.6. The van der Waals surface area contributed by atoms with Gasteiger partial charge in [0.05, 0.1) is 31.2 Å². The summed E-state index contributed by atoms with van der Waals surface area (Å²) in [6.45, 7) is -0.227. The predicted molar refractivity (Wildman–Crippen MR) is 69.9 cm³/mol. The topological polar surface area (TPSA) is 98.5 Å². The molecule has 0 fully saturated rings. The third-order valence-corrected chi connectivity index (χ3v) is 2.85. The lowest BCUT2D eigenvalue weighted by atomic mass is 10.1. The van der Waals surface area contributed by atoms with Gasteiger partial charge >= 0.3 is 0 Å². The molecule has 0 saturated carbocycles. The molecule has 1 aromatic rings. The van der Waals surface area contributed by atoms with Crippen LogP contribution in [-0.4, -0.2) is 34.1 Å². The van der Waals surface area contributed by atoms with E-state index in [2.05, 4.69) is 4.72 Å². The van der Waals surface area contributed by atoms with Crippen molar-refractivity contribution in [1.82, 2.24) is 0 Å². The second-order valence-electron chi connectivity index (χ2n) is 3.54. The Morgan fingerprint density at radius 2 is 2.11 bits per heavy atom. The molecule has 18 heavy (non-hydrogen) atoms. The molecule has 0 radical (unpaired) electrons. The molecular weight excluding hydrogens is 280 g/mol. The molecular formula is C10H13ClN2O4S. The highest BCUT2D eigenvalue weighted by Gasteiger charge is 2.18. The van der Waals surface area contributed by atoms with Crippen molar-refractivity contribution in [3.8, 4) is 5.75 Å². The van der Waals surface area contributed by atoms with Crippen molar-refractivity contribution in [1.29, 1.82) is 0 Å². The number of Topliss-reactive ketones (excluding diaryl/α,β-unsaturated/α-hetero) is 1. The van der Waals surface area contributed by atoms with Gasteiger partial charge in [-0.15, -0.1) is 0 Å².